The molecule has 3 heterocycles. The first-order chi connectivity index (χ1) is 14.3. The lowest BCUT2D eigenvalue weighted by molar-refractivity contribution is 0.164. The number of likely N-dealkylation sites (tertiary alicyclic amines) is 1. The molecule has 2 N–H and O–H groups in total. The fourth-order valence-corrected chi connectivity index (χ4v) is 5.23. The predicted molar refractivity (Wildman–Crippen MR) is 135 cm³/mol. The molecule has 0 saturated carbocycles. The first kappa shape index (κ1) is 27.9. The molecule has 0 aromatic heterocycles. The molecule has 3 aliphatic heterocycles. The quantitative estimate of drug-likeness (QED) is 0.564. The van der Waals surface area contributed by atoms with Crippen molar-refractivity contribution in [2.24, 2.45) is 35.5 Å². The van der Waals surface area contributed by atoms with E-state index in [9.17, 15) is 0 Å². The highest BCUT2D eigenvalue weighted by Gasteiger charge is 2.20. The Labute approximate surface area is 190 Å². The second kappa shape index (κ2) is 16.5. The Bertz CT molecular complexity index is 374. The molecule has 0 aromatic carbocycles. The average molecular weight is 424 g/mol. The highest BCUT2D eigenvalue weighted by atomic mass is 15.1. The van der Waals surface area contributed by atoms with Gasteiger partial charge in [0.25, 0.3) is 0 Å². The van der Waals surface area contributed by atoms with Gasteiger partial charge in [0.2, 0.25) is 0 Å². The van der Waals surface area contributed by atoms with Crippen LogP contribution in [0.25, 0.3) is 0 Å². The number of hydrogen-bond donors (Lipinski definition) is 2. The van der Waals surface area contributed by atoms with Crippen LogP contribution in [0.1, 0.15) is 93.4 Å². The topological polar surface area (TPSA) is 27.3 Å². The Morgan fingerprint density at radius 1 is 0.667 bits per heavy atom. The fraction of sp³-hybridized carbons (Fsp3) is 1.00. The molecule has 0 radical (unpaired) electrons. The summed E-state index contributed by atoms with van der Waals surface area (Å²) in [6.07, 6.45) is 9.85. The molecule has 0 aliphatic carbocycles. The van der Waals surface area contributed by atoms with E-state index in [1.54, 1.807) is 0 Å². The maximum absolute atomic E-state index is 3.39. The van der Waals surface area contributed by atoms with Gasteiger partial charge in [0.1, 0.15) is 0 Å². The van der Waals surface area contributed by atoms with Crippen LogP contribution in [0.15, 0.2) is 0 Å². The van der Waals surface area contributed by atoms with E-state index in [0.717, 1.165) is 35.5 Å². The molecule has 3 rings (SSSR count). The van der Waals surface area contributed by atoms with Gasteiger partial charge in [-0.15, -0.1) is 0 Å². The number of rotatable bonds is 5. The molecule has 3 saturated heterocycles. The molecule has 0 aromatic rings. The molecular formula is C27H57N3. The van der Waals surface area contributed by atoms with Gasteiger partial charge in [0.05, 0.1) is 0 Å². The summed E-state index contributed by atoms with van der Waals surface area (Å²) < 4.78 is 0. The number of nitrogens with one attached hydrogen (secondary N) is 2. The zero-order chi connectivity index (χ0) is 22.4. The van der Waals surface area contributed by atoms with Crippen LogP contribution in [0.5, 0.6) is 0 Å². The largest absolute Gasteiger partial charge is 0.317 e. The SMILES string of the molecule is CC(C)C1CCNCC1.CC(C)CC1CCNCC1.CCN1CCC(C(C)C)CC1. The third-order valence-electron chi connectivity index (χ3n) is 7.61. The number of piperidine rings is 3. The lowest BCUT2D eigenvalue weighted by Crippen LogP contribution is -2.34. The summed E-state index contributed by atoms with van der Waals surface area (Å²) in [6.45, 7) is 25.1. The van der Waals surface area contributed by atoms with E-state index in [4.69, 9.17) is 0 Å². The maximum Gasteiger partial charge on any atom is -0.00161 e. The van der Waals surface area contributed by atoms with Gasteiger partial charge in [-0.25, -0.2) is 0 Å². The van der Waals surface area contributed by atoms with Gasteiger partial charge in [-0.05, 0) is 126 Å². The van der Waals surface area contributed by atoms with E-state index in [1.165, 1.54) is 90.8 Å². The van der Waals surface area contributed by atoms with Crippen molar-refractivity contribution in [3.8, 4) is 0 Å². The predicted octanol–water partition coefficient (Wildman–Crippen LogP) is 6.05. The average Bonchev–Trinajstić information content (AvgIpc) is 2.75. The van der Waals surface area contributed by atoms with E-state index in [2.05, 4.69) is 64.0 Å². The number of hydrogen-bond acceptors (Lipinski definition) is 3. The summed E-state index contributed by atoms with van der Waals surface area (Å²) in [4.78, 5) is 2.55. The standard InChI is InChI=1S/C10H21N.C9H19N.C8H17N/c1-4-11-7-5-10(6-8-11)9(2)3;1-8(2)7-9-3-5-10-6-4-9;1-7(2)8-3-5-9-6-4-8/h9-10H,4-8H2,1-3H3;8-10H,3-7H2,1-2H3;7-9H,3-6H2,1-2H3. The van der Waals surface area contributed by atoms with Crippen LogP contribution in [-0.4, -0.2) is 50.7 Å². The summed E-state index contributed by atoms with van der Waals surface area (Å²) in [5.74, 6) is 5.69. The molecule has 3 fully saturated rings. The van der Waals surface area contributed by atoms with Crippen molar-refractivity contribution >= 4 is 0 Å². The molecule has 180 valence electrons. The number of nitrogens with zero attached hydrogens (tertiary/aromatic N) is 1. The van der Waals surface area contributed by atoms with Gasteiger partial charge in [0.15, 0.2) is 0 Å². The summed E-state index contributed by atoms with van der Waals surface area (Å²) in [5, 5.41) is 6.76. The Morgan fingerprint density at radius 2 is 1.10 bits per heavy atom. The lowest BCUT2D eigenvalue weighted by atomic mass is 9.87. The zero-order valence-corrected chi connectivity index (χ0v) is 21.8. The normalized spacial score (nSPS) is 22.6. The van der Waals surface area contributed by atoms with Crippen molar-refractivity contribution in [3.05, 3.63) is 0 Å². The minimum atomic E-state index is 0.892. The molecule has 0 atom stereocenters. The Balaban J connectivity index is 0.000000226. The van der Waals surface area contributed by atoms with Crippen molar-refractivity contribution in [2.45, 2.75) is 93.4 Å². The molecule has 0 amide bonds. The van der Waals surface area contributed by atoms with Crippen LogP contribution in [0, 0.1) is 35.5 Å². The first-order valence-corrected chi connectivity index (χ1v) is 13.5. The molecule has 30 heavy (non-hydrogen) atoms. The Morgan fingerprint density at radius 3 is 1.47 bits per heavy atom. The van der Waals surface area contributed by atoms with E-state index >= 15 is 0 Å². The molecule has 0 unspecified atom stereocenters. The highest BCUT2D eigenvalue weighted by Crippen LogP contribution is 2.24. The molecule has 0 spiro atoms. The third kappa shape index (κ3) is 12.7. The van der Waals surface area contributed by atoms with Crippen molar-refractivity contribution in [3.63, 3.8) is 0 Å². The van der Waals surface area contributed by atoms with E-state index in [1.807, 2.05) is 0 Å². The zero-order valence-electron chi connectivity index (χ0n) is 21.8. The fourth-order valence-electron chi connectivity index (χ4n) is 5.23. The second-order valence-electron chi connectivity index (χ2n) is 11.2. The van der Waals surface area contributed by atoms with E-state index in [-0.39, 0.29) is 0 Å². The van der Waals surface area contributed by atoms with Crippen molar-refractivity contribution < 1.29 is 0 Å². The van der Waals surface area contributed by atoms with Gasteiger partial charge in [-0.1, -0.05) is 48.5 Å². The second-order valence-corrected chi connectivity index (χ2v) is 11.2. The lowest BCUT2D eigenvalue weighted by Gasteiger charge is -2.32. The van der Waals surface area contributed by atoms with E-state index in [0.29, 0.717) is 0 Å². The highest BCUT2D eigenvalue weighted by molar-refractivity contribution is 4.73. The van der Waals surface area contributed by atoms with Crippen LogP contribution in [0.4, 0.5) is 0 Å². The first-order valence-electron chi connectivity index (χ1n) is 13.5. The van der Waals surface area contributed by atoms with Gasteiger partial charge in [-0.3, -0.25) is 0 Å². The summed E-state index contributed by atoms with van der Waals surface area (Å²) >= 11 is 0. The van der Waals surface area contributed by atoms with E-state index < -0.39 is 0 Å². The van der Waals surface area contributed by atoms with Crippen LogP contribution in [0.3, 0.4) is 0 Å². The van der Waals surface area contributed by atoms with Gasteiger partial charge in [0, 0.05) is 0 Å². The maximum atomic E-state index is 3.39. The Kier molecular flexibility index (Phi) is 15.4. The molecule has 0 bridgehead atoms. The summed E-state index contributed by atoms with van der Waals surface area (Å²) in [7, 11) is 0. The molecule has 3 heteroatoms. The molecular weight excluding hydrogens is 366 g/mol. The van der Waals surface area contributed by atoms with Crippen molar-refractivity contribution in [1.29, 1.82) is 0 Å². The smallest absolute Gasteiger partial charge is 0.00161 e. The van der Waals surface area contributed by atoms with Crippen LogP contribution in [0.2, 0.25) is 0 Å². The minimum absolute atomic E-state index is 0.892. The monoisotopic (exact) mass is 423 g/mol. The van der Waals surface area contributed by atoms with Gasteiger partial charge in [-0.2, -0.15) is 0 Å². The summed E-state index contributed by atoms with van der Waals surface area (Å²) in [6, 6.07) is 0. The third-order valence-corrected chi connectivity index (χ3v) is 7.61. The van der Waals surface area contributed by atoms with Gasteiger partial charge < -0.3 is 15.5 Å². The molecule has 3 nitrogen and oxygen atoms in total. The Hall–Kier alpha value is -0.120. The van der Waals surface area contributed by atoms with Crippen molar-refractivity contribution in [1.82, 2.24) is 15.5 Å². The van der Waals surface area contributed by atoms with Crippen LogP contribution >= 0.6 is 0 Å². The van der Waals surface area contributed by atoms with Crippen LogP contribution in [-0.2, 0) is 0 Å². The van der Waals surface area contributed by atoms with Crippen molar-refractivity contribution in [2.75, 3.05) is 45.8 Å². The molecule has 3 aliphatic rings. The van der Waals surface area contributed by atoms with Gasteiger partial charge >= 0.3 is 0 Å². The van der Waals surface area contributed by atoms with Crippen LogP contribution < -0.4 is 10.6 Å². The summed E-state index contributed by atoms with van der Waals surface area (Å²) in [5.41, 5.74) is 0. The minimum Gasteiger partial charge on any atom is -0.317 e.